The molecule has 2 N–H and O–H groups in total. The fourth-order valence-electron chi connectivity index (χ4n) is 4.26. The fraction of sp³-hybridized carbons (Fsp3) is 0.647. The summed E-state index contributed by atoms with van der Waals surface area (Å²) in [6.07, 6.45) is 7.80. The predicted molar refractivity (Wildman–Crippen MR) is 87.6 cm³/mol. The summed E-state index contributed by atoms with van der Waals surface area (Å²) in [5.41, 5.74) is 6.80. The summed E-state index contributed by atoms with van der Waals surface area (Å²) in [6, 6.07) is 5.99. The Morgan fingerprint density at radius 3 is 2.76 bits per heavy atom. The maximum absolute atomic E-state index is 14.4. The van der Waals surface area contributed by atoms with Crippen LogP contribution in [0.5, 0.6) is 0 Å². The zero-order valence-electron chi connectivity index (χ0n) is 12.4. The van der Waals surface area contributed by atoms with Gasteiger partial charge in [0.2, 0.25) is 0 Å². The molecule has 1 saturated carbocycles. The molecule has 21 heavy (non-hydrogen) atoms. The summed E-state index contributed by atoms with van der Waals surface area (Å²) in [5, 5.41) is 0. The van der Waals surface area contributed by atoms with Crippen molar-refractivity contribution in [1.82, 2.24) is 4.90 Å². The summed E-state index contributed by atoms with van der Waals surface area (Å²) in [6.45, 7) is 1.54. The molecular weight excluding hydrogens is 331 g/mol. The summed E-state index contributed by atoms with van der Waals surface area (Å²) in [4.78, 5) is 2.50. The maximum Gasteiger partial charge on any atom is 0.129 e. The van der Waals surface area contributed by atoms with E-state index in [2.05, 4.69) is 20.8 Å². The van der Waals surface area contributed by atoms with Crippen molar-refractivity contribution in [2.45, 2.75) is 50.6 Å². The van der Waals surface area contributed by atoms with Gasteiger partial charge in [-0.25, -0.2) is 4.39 Å². The minimum atomic E-state index is -0.141. The highest BCUT2D eigenvalue weighted by Crippen LogP contribution is 2.39. The Morgan fingerprint density at radius 1 is 1.24 bits per heavy atom. The van der Waals surface area contributed by atoms with Crippen LogP contribution in [0.15, 0.2) is 22.7 Å². The summed E-state index contributed by atoms with van der Waals surface area (Å²) < 4.78 is 15.1. The van der Waals surface area contributed by atoms with E-state index in [1.54, 1.807) is 6.07 Å². The monoisotopic (exact) mass is 354 g/mol. The molecule has 0 spiro atoms. The van der Waals surface area contributed by atoms with Gasteiger partial charge in [-0.05, 0) is 50.3 Å². The highest BCUT2D eigenvalue weighted by Gasteiger charge is 2.37. The summed E-state index contributed by atoms with van der Waals surface area (Å²) in [5.74, 6) is 0.651. The van der Waals surface area contributed by atoms with E-state index in [9.17, 15) is 4.39 Å². The number of nitrogens with zero attached hydrogens (tertiary/aromatic N) is 1. The lowest BCUT2D eigenvalue weighted by molar-refractivity contribution is 0.0265. The number of likely N-dealkylation sites (tertiary alicyclic amines) is 1. The van der Waals surface area contributed by atoms with Crippen LogP contribution >= 0.6 is 15.9 Å². The molecular formula is C17H24BrFN2. The first-order valence-corrected chi connectivity index (χ1v) is 8.90. The SMILES string of the molecule is NCC(c1ccc(Br)cc1F)N1CCC[C@H]2CCCC[C@H]21. The van der Waals surface area contributed by atoms with Crippen LogP contribution in [0.4, 0.5) is 4.39 Å². The van der Waals surface area contributed by atoms with Gasteiger partial charge in [-0.3, -0.25) is 4.90 Å². The molecule has 2 nitrogen and oxygen atoms in total. The lowest BCUT2D eigenvalue weighted by Gasteiger charge is -2.47. The van der Waals surface area contributed by atoms with Gasteiger partial charge in [-0.15, -0.1) is 0 Å². The highest BCUT2D eigenvalue weighted by atomic mass is 79.9. The molecule has 0 amide bonds. The zero-order valence-corrected chi connectivity index (χ0v) is 14.0. The van der Waals surface area contributed by atoms with E-state index in [1.165, 1.54) is 38.5 Å². The molecule has 1 saturated heterocycles. The van der Waals surface area contributed by atoms with Crippen molar-refractivity contribution in [3.63, 3.8) is 0 Å². The van der Waals surface area contributed by atoms with Crippen molar-refractivity contribution in [2.75, 3.05) is 13.1 Å². The van der Waals surface area contributed by atoms with Gasteiger partial charge in [0, 0.05) is 22.6 Å². The van der Waals surface area contributed by atoms with Crippen LogP contribution in [0, 0.1) is 11.7 Å². The van der Waals surface area contributed by atoms with E-state index in [-0.39, 0.29) is 11.9 Å². The molecule has 1 heterocycles. The predicted octanol–water partition coefficient (Wildman–Crippen LogP) is 4.24. The number of fused-ring (bicyclic) bond motifs is 1. The Morgan fingerprint density at radius 2 is 2.00 bits per heavy atom. The van der Waals surface area contributed by atoms with Crippen molar-refractivity contribution in [1.29, 1.82) is 0 Å². The second-order valence-corrected chi connectivity index (χ2v) is 7.32. The van der Waals surface area contributed by atoms with E-state index in [0.717, 1.165) is 22.5 Å². The van der Waals surface area contributed by atoms with Gasteiger partial charge < -0.3 is 5.73 Å². The molecule has 1 aliphatic heterocycles. The highest BCUT2D eigenvalue weighted by molar-refractivity contribution is 9.10. The minimum Gasteiger partial charge on any atom is -0.329 e. The van der Waals surface area contributed by atoms with Crippen molar-refractivity contribution in [2.24, 2.45) is 11.7 Å². The Labute approximate surface area is 135 Å². The smallest absolute Gasteiger partial charge is 0.129 e. The molecule has 116 valence electrons. The van der Waals surface area contributed by atoms with E-state index in [4.69, 9.17) is 5.73 Å². The first-order valence-electron chi connectivity index (χ1n) is 8.11. The Kier molecular flexibility index (Phi) is 4.97. The Balaban J connectivity index is 1.87. The lowest BCUT2D eigenvalue weighted by Crippen LogP contribution is -2.50. The van der Waals surface area contributed by atoms with E-state index in [0.29, 0.717) is 12.6 Å². The van der Waals surface area contributed by atoms with Crippen molar-refractivity contribution in [3.05, 3.63) is 34.1 Å². The quantitative estimate of drug-likeness (QED) is 0.879. The maximum atomic E-state index is 14.4. The minimum absolute atomic E-state index is 0.0176. The summed E-state index contributed by atoms with van der Waals surface area (Å²) >= 11 is 3.33. The van der Waals surface area contributed by atoms with Crippen molar-refractivity contribution < 1.29 is 4.39 Å². The average Bonchev–Trinajstić information content (AvgIpc) is 2.50. The van der Waals surface area contributed by atoms with Gasteiger partial charge in [0.15, 0.2) is 0 Å². The number of halogens is 2. The molecule has 0 radical (unpaired) electrons. The number of benzene rings is 1. The number of piperidine rings is 1. The Bertz CT molecular complexity index is 492. The third kappa shape index (κ3) is 3.17. The standard InChI is InChI=1S/C17H24BrFN2/c18-13-7-8-14(15(19)10-13)17(11-20)21-9-3-5-12-4-1-2-6-16(12)21/h7-8,10,12,16-17H,1-6,9,11,20H2/t12-,16-,17?/m1/s1. The van der Waals surface area contributed by atoms with Gasteiger partial charge in [0.1, 0.15) is 5.82 Å². The molecule has 1 aromatic carbocycles. The van der Waals surface area contributed by atoms with E-state index in [1.807, 2.05) is 12.1 Å². The molecule has 1 aromatic rings. The molecule has 2 fully saturated rings. The molecule has 3 atom stereocenters. The van der Waals surface area contributed by atoms with Gasteiger partial charge in [-0.1, -0.05) is 34.8 Å². The number of hydrogen-bond donors (Lipinski definition) is 1. The second kappa shape index (κ2) is 6.76. The van der Waals surface area contributed by atoms with Crippen molar-refractivity contribution in [3.8, 4) is 0 Å². The van der Waals surface area contributed by atoms with Crippen LogP contribution in [0.3, 0.4) is 0 Å². The number of nitrogens with two attached hydrogens (primary N) is 1. The second-order valence-electron chi connectivity index (χ2n) is 6.41. The largest absolute Gasteiger partial charge is 0.329 e. The number of rotatable bonds is 3. The van der Waals surface area contributed by atoms with Crippen LogP contribution in [-0.4, -0.2) is 24.0 Å². The normalized spacial score (nSPS) is 28.1. The molecule has 1 unspecified atom stereocenters. The van der Waals surface area contributed by atoms with Crippen LogP contribution in [0.2, 0.25) is 0 Å². The first-order chi connectivity index (χ1) is 10.2. The lowest BCUT2D eigenvalue weighted by atomic mass is 9.77. The fourth-order valence-corrected chi connectivity index (χ4v) is 4.60. The van der Waals surface area contributed by atoms with Crippen LogP contribution in [0.1, 0.15) is 50.1 Å². The van der Waals surface area contributed by atoms with Gasteiger partial charge in [-0.2, -0.15) is 0 Å². The van der Waals surface area contributed by atoms with Crippen LogP contribution in [-0.2, 0) is 0 Å². The molecule has 4 heteroatoms. The topological polar surface area (TPSA) is 29.3 Å². The Hall–Kier alpha value is -0.450. The van der Waals surface area contributed by atoms with Gasteiger partial charge >= 0.3 is 0 Å². The van der Waals surface area contributed by atoms with Gasteiger partial charge in [0.05, 0.1) is 6.04 Å². The van der Waals surface area contributed by atoms with Crippen molar-refractivity contribution >= 4 is 15.9 Å². The molecule has 0 aromatic heterocycles. The average molecular weight is 355 g/mol. The molecule has 2 aliphatic rings. The van der Waals surface area contributed by atoms with Crippen LogP contribution in [0.25, 0.3) is 0 Å². The third-order valence-corrected chi connectivity index (χ3v) is 5.72. The number of hydrogen-bond acceptors (Lipinski definition) is 2. The molecule has 1 aliphatic carbocycles. The molecule has 0 bridgehead atoms. The third-order valence-electron chi connectivity index (χ3n) is 5.23. The first kappa shape index (κ1) is 15.4. The zero-order chi connectivity index (χ0) is 14.8. The van der Waals surface area contributed by atoms with E-state index < -0.39 is 0 Å². The summed E-state index contributed by atoms with van der Waals surface area (Å²) in [7, 11) is 0. The van der Waals surface area contributed by atoms with Crippen LogP contribution < -0.4 is 5.73 Å². The molecule has 3 rings (SSSR count). The van der Waals surface area contributed by atoms with Gasteiger partial charge in [0.25, 0.3) is 0 Å². The van der Waals surface area contributed by atoms with E-state index >= 15 is 0 Å².